The highest BCUT2D eigenvalue weighted by Crippen LogP contribution is 2.16. The fourth-order valence-corrected chi connectivity index (χ4v) is 2.52. The van der Waals surface area contributed by atoms with Crippen molar-refractivity contribution in [3.8, 4) is 17.6 Å². The van der Waals surface area contributed by atoms with E-state index >= 15 is 0 Å². The number of carbonyl (C=O) groups excluding carboxylic acids is 1. The Hall–Kier alpha value is -2.29. The average molecular weight is 301 g/mol. The number of thiophene rings is 1. The van der Waals surface area contributed by atoms with Gasteiger partial charge in [0.15, 0.2) is 0 Å². The summed E-state index contributed by atoms with van der Waals surface area (Å²) in [4.78, 5) is 13.9. The van der Waals surface area contributed by atoms with Crippen LogP contribution >= 0.6 is 11.3 Å². The van der Waals surface area contributed by atoms with Gasteiger partial charge in [0.05, 0.1) is 18.5 Å². The lowest BCUT2D eigenvalue weighted by molar-refractivity contribution is 0.0951. The molecule has 2 rings (SSSR count). The van der Waals surface area contributed by atoms with Gasteiger partial charge in [0.25, 0.3) is 5.91 Å². The lowest BCUT2D eigenvalue weighted by Gasteiger charge is -2.05. The predicted octanol–water partition coefficient (Wildman–Crippen LogP) is 2.03. The molecule has 0 saturated heterocycles. The highest BCUT2D eigenvalue weighted by molar-refractivity contribution is 7.12. The Kier molecular flexibility index (Phi) is 5.38. The van der Waals surface area contributed by atoms with Crippen molar-refractivity contribution in [2.24, 2.45) is 0 Å². The largest absolute Gasteiger partial charge is 0.497 e. The average Bonchev–Trinajstić information content (AvgIpc) is 2.98. The first kappa shape index (κ1) is 15.1. The maximum absolute atomic E-state index is 12.0. The number of rotatable bonds is 4. The number of benzene rings is 1. The number of amides is 1. The lowest BCUT2D eigenvalue weighted by Crippen LogP contribution is -2.22. The third kappa shape index (κ3) is 4.35. The number of ether oxygens (including phenoxy) is 1. The van der Waals surface area contributed by atoms with E-state index in [1.54, 1.807) is 31.4 Å². The number of hydrogen-bond donors (Lipinski definition) is 2. The van der Waals surface area contributed by atoms with Crippen molar-refractivity contribution in [3.05, 3.63) is 51.7 Å². The number of carbonyl (C=O) groups is 1. The summed E-state index contributed by atoms with van der Waals surface area (Å²) in [6.45, 7) is 0.293. The third-order valence-corrected chi connectivity index (χ3v) is 3.71. The van der Waals surface area contributed by atoms with E-state index in [1.807, 2.05) is 12.1 Å². The van der Waals surface area contributed by atoms with Crippen LogP contribution in [0, 0.1) is 11.8 Å². The van der Waals surface area contributed by atoms with Gasteiger partial charge in [0, 0.05) is 10.4 Å². The normalized spacial score (nSPS) is 9.62. The summed E-state index contributed by atoms with van der Waals surface area (Å²) in [6.07, 6.45) is 0. The molecule has 0 unspecified atom stereocenters. The molecule has 0 aliphatic rings. The quantitative estimate of drug-likeness (QED) is 0.850. The van der Waals surface area contributed by atoms with Gasteiger partial charge < -0.3 is 15.2 Å². The number of hydrogen-bond acceptors (Lipinski definition) is 4. The van der Waals surface area contributed by atoms with Crippen molar-refractivity contribution in [2.75, 3.05) is 13.7 Å². The van der Waals surface area contributed by atoms with Gasteiger partial charge in [-0.1, -0.05) is 17.9 Å². The summed E-state index contributed by atoms with van der Waals surface area (Å²) in [6, 6.07) is 10.8. The molecule has 0 fully saturated rings. The molecule has 4 nitrogen and oxygen atoms in total. The van der Waals surface area contributed by atoms with E-state index < -0.39 is 0 Å². The van der Waals surface area contributed by atoms with E-state index in [4.69, 9.17) is 9.84 Å². The maximum atomic E-state index is 12.0. The predicted molar refractivity (Wildman–Crippen MR) is 82.4 cm³/mol. The fourth-order valence-electron chi connectivity index (χ4n) is 1.70. The van der Waals surface area contributed by atoms with Crippen LogP contribution in [0.15, 0.2) is 36.4 Å². The molecule has 108 valence electrons. The summed E-state index contributed by atoms with van der Waals surface area (Å²) < 4.78 is 5.10. The van der Waals surface area contributed by atoms with Crippen molar-refractivity contribution in [1.82, 2.24) is 5.32 Å². The van der Waals surface area contributed by atoms with Crippen LogP contribution in [0.5, 0.6) is 5.75 Å². The van der Waals surface area contributed by atoms with Crippen molar-refractivity contribution in [1.29, 1.82) is 0 Å². The van der Waals surface area contributed by atoms with E-state index in [0.717, 1.165) is 9.75 Å². The van der Waals surface area contributed by atoms with Gasteiger partial charge in [0.1, 0.15) is 12.4 Å². The Balaban J connectivity index is 1.95. The molecule has 0 aliphatic heterocycles. The van der Waals surface area contributed by atoms with Gasteiger partial charge in [-0.3, -0.25) is 4.79 Å². The van der Waals surface area contributed by atoms with Gasteiger partial charge in [-0.25, -0.2) is 0 Å². The molecule has 21 heavy (non-hydrogen) atoms. The Morgan fingerprint density at radius 2 is 2.24 bits per heavy atom. The summed E-state index contributed by atoms with van der Waals surface area (Å²) >= 11 is 1.49. The van der Waals surface area contributed by atoms with Crippen molar-refractivity contribution in [3.63, 3.8) is 0 Å². The summed E-state index contributed by atoms with van der Waals surface area (Å²) in [5, 5.41) is 11.5. The Morgan fingerprint density at radius 1 is 1.38 bits per heavy atom. The molecule has 1 heterocycles. The van der Waals surface area contributed by atoms with Crippen LogP contribution in [0.3, 0.4) is 0 Å². The topological polar surface area (TPSA) is 58.6 Å². The Bertz CT molecular complexity index is 682. The summed E-state index contributed by atoms with van der Waals surface area (Å²) in [5.74, 6) is 5.94. The second-order valence-corrected chi connectivity index (χ2v) is 5.31. The SMILES string of the molecule is COc1cccc(C(=O)NCc2ccc(C#CCO)s2)c1. The van der Waals surface area contributed by atoms with Crippen LogP contribution in [0.25, 0.3) is 0 Å². The maximum Gasteiger partial charge on any atom is 0.251 e. The third-order valence-electron chi connectivity index (χ3n) is 2.71. The minimum atomic E-state index is -0.153. The molecular formula is C16H15NO3S. The van der Waals surface area contributed by atoms with Crippen LogP contribution in [0.1, 0.15) is 20.1 Å². The zero-order valence-electron chi connectivity index (χ0n) is 11.6. The minimum absolute atomic E-state index is 0.148. The van der Waals surface area contributed by atoms with Gasteiger partial charge in [-0.05, 0) is 30.3 Å². The molecule has 0 saturated carbocycles. The zero-order chi connectivity index (χ0) is 15.1. The minimum Gasteiger partial charge on any atom is -0.497 e. The molecule has 0 aliphatic carbocycles. The molecule has 1 aromatic heterocycles. The first-order chi connectivity index (χ1) is 10.2. The summed E-state index contributed by atoms with van der Waals surface area (Å²) in [7, 11) is 1.57. The molecule has 2 N–H and O–H groups in total. The summed E-state index contributed by atoms with van der Waals surface area (Å²) in [5.41, 5.74) is 0.561. The molecule has 1 aromatic carbocycles. The molecule has 2 aromatic rings. The van der Waals surface area contributed by atoms with Crippen molar-refractivity contribution < 1.29 is 14.6 Å². The van der Waals surface area contributed by atoms with Crippen LogP contribution in [0.2, 0.25) is 0 Å². The van der Waals surface area contributed by atoms with Gasteiger partial charge >= 0.3 is 0 Å². The first-order valence-electron chi connectivity index (χ1n) is 6.33. The number of nitrogens with one attached hydrogen (secondary N) is 1. The van der Waals surface area contributed by atoms with Crippen LogP contribution in [-0.2, 0) is 6.54 Å². The number of aliphatic hydroxyl groups excluding tert-OH is 1. The molecule has 1 amide bonds. The van der Waals surface area contributed by atoms with Gasteiger partial charge in [0.2, 0.25) is 0 Å². The zero-order valence-corrected chi connectivity index (χ0v) is 12.4. The highest BCUT2D eigenvalue weighted by Gasteiger charge is 2.07. The van der Waals surface area contributed by atoms with Gasteiger partial charge in [-0.2, -0.15) is 0 Å². The smallest absolute Gasteiger partial charge is 0.251 e. The van der Waals surface area contributed by atoms with E-state index in [9.17, 15) is 4.79 Å². The standard InChI is InChI=1S/C16H15NO3S/c1-20-13-5-2-4-12(10-13)16(19)17-11-15-8-7-14(21-15)6-3-9-18/h2,4-5,7-8,10,18H,9,11H2,1H3,(H,17,19). The van der Waals surface area contributed by atoms with Crippen LogP contribution < -0.4 is 10.1 Å². The van der Waals surface area contributed by atoms with Gasteiger partial charge in [-0.15, -0.1) is 11.3 Å². The van der Waals surface area contributed by atoms with E-state index in [2.05, 4.69) is 17.2 Å². The van der Waals surface area contributed by atoms with E-state index in [1.165, 1.54) is 11.3 Å². The number of aliphatic hydroxyl groups is 1. The number of methoxy groups -OCH3 is 1. The molecular weight excluding hydrogens is 286 g/mol. The molecule has 0 atom stereocenters. The molecule has 0 radical (unpaired) electrons. The first-order valence-corrected chi connectivity index (χ1v) is 7.15. The molecule has 5 heteroatoms. The Labute approximate surface area is 127 Å². The van der Waals surface area contributed by atoms with Crippen molar-refractivity contribution in [2.45, 2.75) is 6.54 Å². The van der Waals surface area contributed by atoms with Crippen LogP contribution in [0.4, 0.5) is 0 Å². The van der Waals surface area contributed by atoms with E-state index in [0.29, 0.717) is 17.9 Å². The monoisotopic (exact) mass is 301 g/mol. The van der Waals surface area contributed by atoms with E-state index in [-0.39, 0.29) is 12.5 Å². The molecule has 0 bridgehead atoms. The highest BCUT2D eigenvalue weighted by atomic mass is 32.1. The fraction of sp³-hybridized carbons (Fsp3) is 0.188. The second-order valence-electron chi connectivity index (χ2n) is 4.14. The van der Waals surface area contributed by atoms with Crippen LogP contribution in [-0.4, -0.2) is 24.7 Å². The Morgan fingerprint density at radius 3 is 3.00 bits per heavy atom. The van der Waals surface area contributed by atoms with Crippen molar-refractivity contribution >= 4 is 17.2 Å². The second kappa shape index (κ2) is 7.48. The lowest BCUT2D eigenvalue weighted by atomic mass is 10.2. The molecule has 0 spiro atoms.